The number of carboxylic acid groups (broad SMARTS) is 1. The smallest absolute Gasteiger partial charge is 0.349 e. The third-order valence-electron chi connectivity index (χ3n) is 2.10. The Balaban J connectivity index is 2.94. The van der Waals surface area contributed by atoms with Crippen LogP contribution in [0.3, 0.4) is 0 Å². The molecule has 21 heavy (non-hydrogen) atoms. The first-order valence-corrected chi connectivity index (χ1v) is 7.40. The van der Waals surface area contributed by atoms with E-state index in [0.717, 1.165) is 6.26 Å². The zero-order valence-corrected chi connectivity index (χ0v) is 11.7. The van der Waals surface area contributed by atoms with Gasteiger partial charge in [0.25, 0.3) is 10.1 Å². The molecule has 0 aliphatic rings. The van der Waals surface area contributed by atoms with E-state index in [0.29, 0.717) is 0 Å². The molecule has 0 aliphatic heterocycles. The van der Waals surface area contributed by atoms with Crippen LogP contribution in [0.25, 0.3) is 0 Å². The number of benzene rings is 1. The highest BCUT2D eigenvalue weighted by Gasteiger charge is 2.29. The molecule has 0 spiro atoms. The van der Waals surface area contributed by atoms with E-state index < -0.39 is 40.6 Å². The van der Waals surface area contributed by atoms with Crippen LogP contribution in [-0.2, 0) is 33.4 Å². The van der Waals surface area contributed by atoms with Gasteiger partial charge in [-0.15, -0.1) is 0 Å². The quantitative estimate of drug-likeness (QED) is 0.450. The van der Waals surface area contributed by atoms with Crippen molar-refractivity contribution in [1.82, 2.24) is 0 Å². The molecule has 0 saturated carbocycles. The lowest BCUT2D eigenvalue weighted by atomic mass is 10.1. The molecule has 8 nitrogen and oxygen atoms in total. The summed E-state index contributed by atoms with van der Waals surface area (Å²) in [7, 11) is -4.00. The summed E-state index contributed by atoms with van der Waals surface area (Å²) in [6.07, 6.45) is -1.97. The molecule has 0 fully saturated rings. The lowest BCUT2D eigenvalue weighted by Crippen LogP contribution is -2.25. The van der Waals surface area contributed by atoms with Crippen LogP contribution in [0.4, 0.5) is 0 Å². The van der Waals surface area contributed by atoms with Gasteiger partial charge in [0.15, 0.2) is 6.10 Å². The zero-order valence-electron chi connectivity index (χ0n) is 10.9. The number of carbonyl (C=O) groups excluding carboxylic acids is 2. The largest absolute Gasteiger partial charge is 0.481 e. The van der Waals surface area contributed by atoms with Gasteiger partial charge in [0.2, 0.25) is 0 Å². The number of hydrogen-bond acceptors (Lipinski definition) is 7. The average molecular weight is 316 g/mol. The van der Waals surface area contributed by atoms with E-state index in [2.05, 4.69) is 8.92 Å². The van der Waals surface area contributed by atoms with Crippen molar-refractivity contribution in [2.75, 3.05) is 6.26 Å². The van der Waals surface area contributed by atoms with Crippen LogP contribution in [0.5, 0.6) is 0 Å². The van der Waals surface area contributed by atoms with E-state index >= 15 is 0 Å². The van der Waals surface area contributed by atoms with Crippen molar-refractivity contribution < 1.29 is 36.8 Å². The molecule has 0 bridgehead atoms. The molecule has 0 amide bonds. The van der Waals surface area contributed by atoms with E-state index in [1.165, 1.54) is 24.3 Å². The van der Waals surface area contributed by atoms with Crippen molar-refractivity contribution in [2.45, 2.75) is 12.5 Å². The van der Waals surface area contributed by atoms with Gasteiger partial charge in [0, 0.05) is 0 Å². The van der Waals surface area contributed by atoms with Gasteiger partial charge in [-0.1, -0.05) is 30.3 Å². The van der Waals surface area contributed by atoms with Crippen LogP contribution in [0.15, 0.2) is 30.3 Å². The summed E-state index contributed by atoms with van der Waals surface area (Å²) in [5.74, 6) is -4.10. The van der Waals surface area contributed by atoms with Gasteiger partial charge >= 0.3 is 17.9 Å². The van der Waals surface area contributed by atoms with Gasteiger partial charge in [0.05, 0.1) is 6.26 Å². The predicted octanol–water partition coefficient (Wildman–Crippen LogP) is 0.248. The Morgan fingerprint density at radius 3 is 2.24 bits per heavy atom. The third-order valence-corrected chi connectivity index (χ3v) is 2.64. The normalized spacial score (nSPS) is 12.4. The second kappa shape index (κ2) is 6.95. The fourth-order valence-corrected chi connectivity index (χ4v) is 1.90. The van der Waals surface area contributed by atoms with Crippen molar-refractivity contribution in [3.05, 3.63) is 35.9 Å². The minimum atomic E-state index is -4.00. The highest BCUT2D eigenvalue weighted by molar-refractivity contribution is 7.86. The minimum Gasteiger partial charge on any atom is -0.481 e. The number of esters is 2. The monoisotopic (exact) mass is 316 g/mol. The standard InChI is InChI=1S/C12H12O8S/c1-21(17,18)20-11(8-5-3-2-4-6-8)12(16)19-10(15)7-9(13)14/h2-6,11H,7H2,1H3,(H,13,14)/t11-/m1/s1. The van der Waals surface area contributed by atoms with Gasteiger partial charge in [-0.25, -0.2) is 4.79 Å². The Morgan fingerprint density at radius 2 is 1.76 bits per heavy atom. The van der Waals surface area contributed by atoms with E-state index in [-0.39, 0.29) is 5.56 Å². The number of aliphatic carboxylic acids is 1. The van der Waals surface area contributed by atoms with Crippen LogP contribution in [0.1, 0.15) is 18.1 Å². The van der Waals surface area contributed by atoms with E-state index in [4.69, 9.17) is 5.11 Å². The lowest BCUT2D eigenvalue weighted by molar-refractivity contribution is -0.166. The molecule has 1 aromatic carbocycles. The fourth-order valence-electron chi connectivity index (χ4n) is 1.36. The molecular formula is C12H12O8S. The molecule has 114 valence electrons. The fraction of sp³-hybridized carbons (Fsp3) is 0.250. The average Bonchev–Trinajstić information content (AvgIpc) is 2.34. The minimum absolute atomic E-state index is 0.149. The first-order chi connectivity index (χ1) is 9.69. The van der Waals surface area contributed by atoms with Crippen molar-refractivity contribution in [3.8, 4) is 0 Å². The molecule has 0 aromatic heterocycles. The van der Waals surface area contributed by atoms with Gasteiger partial charge in [0.1, 0.15) is 6.42 Å². The zero-order chi connectivity index (χ0) is 16.0. The third kappa shape index (κ3) is 6.15. The first-order valence-electron chi connectivity index (χ1n) is 5.58. The lowest BCUT2D eigenvalue weighted by Gasteiger charge is -2.14. The Bertz CT molecular complexity index is 634. The molecule has 1 N–H and O–H groups in total. The summed E-state index contributed by atoms with van der Waals surface area (Å²) < 4.78 is 31.2. The maximum Gasteiger partial charge on any atom is 0.349 e. The predicted molar refractivity (Wildman–Crippen MR) is 68.5 cm³/mol. The Morgan fingerprint density at radius 1 is 1.19 bits per heavy atom. The highest BCUT2D eigenvalue weighted by atomic mass is 32.2. The Kier molecular flexibility index (Phi) is 5.56. The van der Waals surface area contributed by atoms with Gasteiger partial charge in [-0.3, -0.25) is 13.8 Å². The van der Waals surface area contributed by atoms with Crippen LogP contribution < -0.4 is 0 Å². The van der Waals surface area contributed by atoms with Crippen molar-refractivity contribution in [1.29, 1.82) is 0 Å². The molecule has 0 heterocycles. The molecule has 0 radical (unpaired) electrons. The molecule has 1 aromatic rings. The molecule has 0 saturated heterocycles. The SMILES string of the molecule is CS(=O)(=O)O[C@@H](C(=O)OC(=O)CC(=O)O)c1ccccc1. The van der Waals surface area contributed by atoms with Crippen LogP contribution in [0, 0.1) is 0 Å². The second-order valence-electron chi connectivity index (χ2n) is 3.95. The number of ether oxygens (including phenoxy) is 1. The van der Waals surface area contributed by atoms with E-state index in [9.17, 15) is 22.8 Å². The maximum absolute atomic E-state index is 11.8. The van der Waals surface area contributed by atoms with Gasteiger partial charge < -0.3 is 9.84 Å². The molecular weight excluding hydrogens is 304 g/mol. The second-order valence-corrected chi connectivity index (χ2v) is 5.56. The summed E-state index contributed by atoms with van der Waals surface area (Å²) in [5.41, 5.74) is 0.149. The molecule has 0 unspecified atom stereocenters. The topological polar surface area (TPSA) is 124 Å². The van der Waals surface area contributed by atoms with Crippen LogP contribution in [0.2, 0.25) is 0 Å². The van der Waals surface area contributed by atoms with Gasteiger partial charge in [-0.2, -0.15) is 8.42 Å². The number of hydrogen-bond donors (Lipinski definition) is 1. The molecule has 1 atom stereocenters. The molecule has 0 aliphatic carbocycles. The van der Waals surface area contributed by atoms with Gasteiger partial charge in [-0.05, 0) is 5.56 Å². The Labute approximate surface area is 120 Å². The number of carbonyl (C=O) groups is 3. The van der Waals surface area contributed by atoms with E-state index in [1.54, 1.807) is 6.07 Å². The van der Waals surface area contributed by atoms with E-state index in [1.807, 2.05) is 0 Å². The molecule has 1 rings (SSSR count). The van der Waals surface area contributed by atoms with Crippen LogP contribution in [-0.4, -0.2) is 37.7 Å². The van der Waals surface area contributed by atoms with Crippen LogP contribution >= 0.6 is 0 Å². The summed E-state index contributed by atoms with van der Waals surface area (Å²) >= 11 is 0. The summed E-state index contributed by atoms with van der Waals surface area (Å²) in [6, 6.07) is 7.49. The van der Waals surface area contributed by atoms with Crippen molar-refractivity contribution in [3.63, 3.8) is 0 Å². The summed E-state index contributed by atoms with van der Waals surface area (Å²) in [4.78, 5) is 33.2. The van der Waals surface area contributed by atoms with Crippen molar-refractivity contribution in [2.24, 2.45) is 0 Å². The maximum atomic E-state index is 11.8. The number of carboxylic acids is 1. The highest BCUT2D eigenvalue weighted by Crippen LogP contribution is 2.21. The number of rotatable bonds is 6. The first kappa shape index (κ1) is 16.8. The van der Waals surface area contributed by atoms with Crippen molar-refractivity contribution >= 4 is 28.0 Å². The molecule has 9 heteroatoms. The summed E-state index contributed by atoms with van der Waals surface area (Å²) in [5, 5.41) is 8.40. The Hall–Kier alpha value is -2.26. The summed E-state index contributed by atoms with van der Waals surface area (Å²) in [6.45, 7) is 0.